The van der Waals surface area contributed by atoms with Crippen LogP contribution in [0.15, 0.2) is 36.9 Å². The van der Waals surface area contributed by atoms with E-state index in [9.17, 15) is 0 Å². The lowest BCUT2D eigenvalue weighted by Crippen LogP contribution is -2.39. The minimum absolute atomic E-state index is 0.476. The van der Waals surface area contributed by atoms with Crippen LogP contribution >= 0.6 is 0 Å². The third-order valence-corrected chi connectivity index (χ3v) is 3.83. The van der Waals surface area contributed by atoms with Crippen molar-refractivity contribution < 1.29 is 0 Å². The van der Waals surface area contributed by atoms with Crippen LogP contribution < -0.4 is 5.32 Å². The maximum absolute atomic E-state index is 5.37. The second kappa shape index (κ2) is 6.42. The molecule has 1 N–H and O–H groups in total. The van der Waals surface area contributed by atoms with Gasteiger partial charge in [0.1, 0.15) is 12.7 Å². The monoisotopic (exact) mass is 281 g/mol. The standard InChI is InChI=1S/C16H19N5/c1-2-9-20-10-7-14(8-11-20)19-15-5-3-4-6-16(15)21-13-17-12-18-21/h1,3-6,12-14,19H,7-11H2. The van der Waals surface area contributed by atoms with Gasteiger partial charge in [-0.1, -0.05) is 18.1 Å². The Hall–Kier alpha value is -2.32. The van der Waals surface area contributed by atoms with Crippen molar-refractivity contribution in [3.8, 4) is 18.0 Å². The van der Waals surface area contributed by atoms with Crippen LogP contribution in [0.5, 0.6) is 0 Å². The van der Waals surface area contributed by atoms with E-state index in [1.165, 1.54) is 0 Å². The van der Waals surface area contributed by atoms with Crippen LogP contribution in [-0.2, 0) is 0 Å². The van der Waals surface area contributed by atoms with Crippen LogP contribution in [0.25, 0.3) is 5.69 Å². The van der Waals surface area contributed by atoms with Gasteiger partial charge in [-0.25, -0.2) is 9.67 Å². The van der Waals surface area contributed by atoms with Gasteiger partial charge in [0.25, 0.3) is 0 Å². The largest absolute Gasteiger partial charge is 0.380 e. The molecule has 5 nitrogen and oxygen atoms in total. The summed E-state index contributed by atoms with van der Waals surface area (Å²) < 4.78 is 1.79. The van der Waals surface area contributed by atoms with Gasteiger partial charge in [-0.15, -0.1) is 6.42 Å². The molecule has 0 spiro atoms. The van der Waals surface area contributed by atoms with Crippen molar-refractivity contribution in [3.63, 3.8) is 0 Å². The van der Waals surface area contributed by atoms with Gasteiger partial charge in [-0.3, -0.25) is 4.90 Å². The molecular weight excluding hydrogens is 262 g/mol. The smallest absolute Gasteiger partial charge is 0.138 e. The molecule has 1 fully saturated rings. The van der Waals surface area contributed by atoms with Crippen molar-refractivity contribution in [1.29, 1.82) is 0 Å². The minimum Gasteiger partial charge on any atom is -0.380 e. The normalized spacial score (nSPS) is 16.5. The number of rotatable bonds is 4. The highest BCUT2D eigenvalue weighted by atomic mass is 15.3. The number of benzene rings is 1. The van der Waals surface area contributed by atoms with Gasteiger partial charge in [0, 0.05) is 19.1 Å². The third-order valence-electron chi connectivity index (χ3n) is 3.83. The van der Waals surface area contributed by atoms with Gasteiger partial charge in [-0.05, 0) is 25.0 Å². The number of aromatic nitrogens is 3. The maximum atomic E-state index is 5.37. The average Bonchev–Trinajstić information content (AvgIpc) is 3.04. The predicted octanol–water partition coefficient (Wildman–Crippen LogP) is 1.78. The van der Waals surface area contributed by atoms with Crippen molar-refractivity contribution in [2.24, 2.45) is 0 Å². The summed E-state index contributed by atoms with van der Waals surface area (Å²) in [6.07, 6.45) is 10.8. The molecule has 0 saturated carbocycles. The molecule has 5 heteroatoms. The fraction of sp³-hybridized carbons (Fsp3) is 0.375. The first kappa shape index (κ1) is 13.7. The highest BCUT2D eigenvalue weighted by molar-refractivity contribution is 5.60. The highest BCUT2D eigenvalue weighted by Crippen LogP contribution is 2.22. The Kier molecular flexibility index (Phi) is 4.17. The molecule has 1 aromatic carbocycles. The molecule has 3 rings (SSSR count). The average molecular weight is 281 g/mol. The molecule has 1 aliphatic heterocycles. The first-order chi connectivity index (χ1) is 10.4. The number of para-hydroxylation sites is 2. The number of piperidine rings is 1. The van der Waals surface area contributed by atoms with E-state index in [1.807, 2.05) is 18.2 Å². The Bertz CT molecular complexity index is 606. The van der Waals surface area contributed by atoms with Crippen molar-refractivity contribution in [1.82, 2.24) is 19.7 Å². The molecule has 0 radical (unpaired) electrons. The molecule has 1 aromatic heterocycles. The molecule has 108 valence electrons. The Morgan fingerprint density at radius 2 is 2.10 bits per heavy atom. The van der Waals surface area contributed by atoms with Gasteiger partial charge >= 0.3 is 0 Å². The summed E-state index contributed by atoms with van der Waals surface area (Å²) in [6, 6.07) is 8.66. The van der Waals surface area contributed by atoms with E-state index >= 15 is 0 Å². The fourth-order valence-corrected chi connectivity index (χ4v) is 2.71. The first-order valence-electron chi connectivity index (χ1n) is 7.23. The molecule has 1 saturated heterocycles. The van der Waals surface area contributed by atoms with E-state index in [0.29, 0.717) is 6.04 Å². The van der Waals surface area contributed by atoms with Crippen LogP contribution in [0.2, 0.25) is 0 Å². The number of hydrogen-bond donors (Lipinski definition) is 1. The Labute approximate surface area is 125 Å². The summed E-state index contributed by atoms with van der Waals surface area (Å²) in [5.41, 5.74) is 2.12. The number of nitrogens with one attached hydrogen (secondary N) is 1. The summed E-state index contributed by atoms with van der Waals surface area (Å²) >= 11 is 0. The van der Waals surface area contributed by atoms with E-state index < -0.39 is 0 Å². The highest BCUT2D eigenvalue weighted by Gasteiger charge is 2.19. The first-order valence-corrected chi connectivity index (χ1v) is 7.23. The van der Waals surface area contributed by atoms with Crippen LogP contribution in [0.3, 0.4) is 0 Å². The summed E-state index contributed by atoms with van der Waals surface area (Å²) in [6.45, 7) is 2.85. The Morgan fingerprint density at radius 3 is 2.81 bits per heavy atom. The van der Waals surface area contributed by atoms with Gasteiger partial charge < -0.3 is 5.32 Å². The van der Waals surface area contributed by atoms with Crippen molar-refractivity contribution in [3.05, 3.63) is 36.9 Å². The Morgan fingerprint density at radius 1 is 1.29 bits per heavy atom. The van der Waals surface area contributed by atoms with Crippen LogP contribution in [0.1, 0.15) is 12.8 Å². The van der Waals surface area contributed by atoms with Crippen LogP contribution in [-0.4, -0.2) is 45.3 Å². The molecule has 0 bridgehead atoms. The molecular formula is C16H19N5. The lowest BCUT2D eigenvalue weighted by Gasteiger charge is -2.32. The van der Waals surface area contributed by atoms with E-state index in [0.717, 1.165) is 43.9 Å². The van der Waals surface area contributed by atoms with Crippen molar-refractivity contribution in [2.75, 3.05) is 25.0 Å². The lowest BCUT2D eigenvalue weighted by atomic mass is 10.0. The minimum atomic E-state index is 0.476. The van der Waals surface area contributed by atoms with E-state index in [4.69, 9.17) is 6.42 Å². The van der Waals surface area contributed by atoms with Gasteiger partial charge in [0.2, 0.25) is 0 Å². The van der Waals surface area contributed by atoms with Crippen molar-refractivity contribution >= 4 is 5.69 Å². The van der Waals surface area contributed by atoms with E-state index in [-0.39, 0.29) is 0 Å². The van der Waals surface area contributed by atoms with Crippen LogP contribution in [0.4, 0.5) is 5.69 Å². The number of terminal acetylenes is 1. The molecule has 0 unspecified atom stereocenters. The second-order valence-electron chi connectivity index (χ2n) is 5.26. The zero-order valence-electron chi connectivity index (χ0n) is 11.9. The second-order valence-corrected chi connectivity index (χ2v) is 5.26. The summed E-state index contributed by atoms with van der Waals surface area (Å²) in [5, 5.41) is 7.85. The van der Waals surface area contributed by atoms with Gasteiger partial charge in [-0.2, -0.15) is 5.10 Å². The topological polar surface area (TPSA) is 46.0 Å². The van der Waals surface area contributed by atoms with E-state index in [2.05, 4.69) is 32.3 Å². The maximum Gasteiger partial charge on any atom is 0.138 e. The number of hydrogen-bond acceptors (Lipinski definition) is 4. The lowest BCUT2D eigenvalue weighted by molar-refractivity contribution is 0.243. The summed E-state index contributed by atoms with van der Waals surface area (Å²) in [4.78, 5) is 6.34. The molecule has 1 aliphatic rings. The Balaban J connectivity index is 1.68. The number of nitrogens with zero attached hydrogens (tertiary/aromatic N) is 4. The number of anilines is 1. The number of likely N-dealkylation sites (tertiary alicyclic amines) is 1. The molecule has 0 atom stereocenters. The summed E-state index contributed by atoms with van der Waals surface area (Å²) in [5.74, 6) is 2.72. The zero-order valence-corrected chi connectivity index (χ0v) is 11.9. The molecule has 2 aromatic rings. The fourth-order valence-electron chi connectivity index (χ4n) is 2.71. The van der Waals surface area contributed by atoms with E-state index in [1.54, 1.807) is 17.3 Å². The summed E-state index contributed by atoms with van der Waals surface area (Å²) in [7, 11) is 0. The molecule has 0 amide bonds. The third kappa shape index (κ3) is 3.23. The molecule has 0 aliphatic carbocycles. The SMILES string of the molecule is C#CCN1CCC(Nc2ccccc2-n2cncn2)CC1. The van der Waals surface area contributed by atoms with Crippen molar-refractivity contribution in [2.45, 2.75) is 18.9 Å². The van der Waals surface area contributed by atoms with Gasteiger partial charge in [0.15, 0.2) is 0 Å². The predicted molar refractivity (Wildman–Crippen MR) is 83.3 cm³/mol. The zero-order chi connectivity index (χ0) is 14.5. The molecule has 21 heavy (non-hydrogen) atoms. The van der Waals surface area contributed by atoms with Crippen LogP contribution in [0, 0.1) is 12.3 Å². The molecule has 2 heterocycles. The van der Waals surface area contributed by atoms with Gasteiger partial charge in [0.05, 0.1) is 17.9 Å². The quantitative estimate of drug-likeness (QED) is 0.868.